The summed E-state index contributed by atoms with van der Waals surface area (Å²) in [7, 11) is -3.07. The van der Waals surface area contributed by atoms with Crippen LogP contribution < -0.4 is 16.0 Å². The van der Waals surface area contributed by atoms with Gasteiger partial charge in [-0.3, -0.25) is 19.7 Å². The predicted octanol–water partition coefficient (Wildman–Crippen LogP) is -1.08. The molecule has 1 unspecified atom stereocenters. The van der Waals surface area contributed by atoms with Crippen LogP contribution in [0.25, 0.3) is 0 Å². The van der Waals surface area contributed by atoms with Gasteiger partial charge >= 0.3 is 0 Å². The zero-order valence-electron chi connectivity index (χ0n) is 16.4. The van der Waals surface area contributed by atoms with Crippen LogP contribution in [0.1, 0.15) is 34.3 Å². The van der Waals surface area contributed by atoms with Gasteiger partial charge in [0.1, 0.15) is 6.04 Å². The van der Waals surface area contributed by atoms with E-state index in [4.69, 9.17) is 0 Å². The van der Waals surface area contributed by atoms with Crippen molar-refractivity contribution in [1.82, 2.24) is 20.9 Å². The lowest BCUT2D eigenvalue weighted by Crippen LogP contribution is -2.52. The lowest BCUT2D eigenvalue weighted by molar-refractivity contribution is -0.136. The first-order valence-corrected chi connectivity index (χ1v) is 12.0. The number of amides is 3. The smallest absolute Gasteiger partial charge is 0.255 e. The van der Waals surface area contributed by atoms with Crippen molar-refractivity contribution < 1.29 is 22.8 Å². The number of nitrogens with one attached hydrogen (secondary N) is 3. The van der Waals surface area contributed by atoms with Crippen molar-refractivity contribution >= 4 is 27.6 Å². The topological polar surface area (TPSA) is 125 Å². The Morgan fingerprint density at radius 2 is 2.07 bits per heavy atom. The molecule has 10 heteroatoms. The SMILES string of the molecule is O=C1CCC(N2Cc3cccc(CN[C@]45CNC[C@H]4CS(=O)(=O)C5)c3C2=O)C(=O)N1. The third kappa shape index (κ3) is 3.14. The van der Waals surface area contributed by atoms with E-state index in [1.807, 2.05) is 18.2 Å². The standard InChI is InChI=1S/C20H24N4O5S/c25-16-5-4-15(18(26)23-16)24-8-13-3-1-2-12(17(13)19(24)27)6-22-20-10-21-7-14(20)9-30(28,29)11-20/h1-3,14-15,21-22H,4-11H2,(H,23,25,26)/t14-,15?,20-/m0/s1. The molecule has 0 saturated carbocycles. The summed E-state index contributed by atoms with van der Waals surface area (Å²) in [6.07, 6.45) is 0.544. The second-order valence-corrected chi connectivity index (χ2v) is 10.9. The normalized spacial score (nSPS) is 32.3. The fourth-order valence-electron chi connectivity index (χ4n) is 5.32. The highest BCUT2D eigenvalue weighted by Gasteiger charge is 2.52. The third-order valence-electron chi connectivity index (χ3n) is 6.81. The Bertz CT molecular complexity index is 1060. The number of benzene rings is 1. The first-order chi connectivity index (χ1) is 14.3. The quantitative estimate of drug-likeness (QED) is 0.517. The van der Waals surface area contributed by atoms with Crippen molar-refractivity contribution in [3.8, 4) is 0 Å². The molecule has 0 aromatic heterocycles. The molecule has 4 aliphatic heterocycles. The van der Waals surface area contributed by atoms with Crippen molar-refractivity contribution in [2.75, 3.05) is 24.6 Å². The number of hydrogen-bond acceptors (Lipinski definition) is 7. The Balaban J connectivity index is 1.37. The monoisotopic (exact) mass is 432 g/mol. The summed E-state index contributed by atoms with van der Waals surface area (Å²) in [5.41, 5.74) is 1.72. The molecule has 3 saturated heterocycles. The fourth-order valence-corrected chi connectivity index (χ4v) is 7.71. The van der Waals surface area contributed by atoms with Crippen LogP contribution in [0, 0.1) is 5.92 Å². The highest BCUT2D eigenvalue weighted by atomic mass is 32.2. The van der Waals surface area contributed by atoms with E-state index >= 15 is 0 Å². The molecule has 4 heterocycles. The highest BCUT2D eigenvalue weighted by Crippen LogP contribution is 2.34. The average molecular weight is 433 g/mol. The number of rotatable bonds is 4. The molecule has 3 amide bonds. The minimum atomic E-state index is -3.07. The van der Waals surface area contributed by atoms with Crippen LogP contribution in [0.3, 0.4) is 0 Å². The number of piperidine rings is 1. The van der Waals surface area contributed by atoms with Gasteiger partial charge in [-0.1, -0.05) is 18.2 Å². The van der Waals surface area contributed by atoms with Crippen LogP contribution in [-0.2, 0) is 32.5 Å². The van der Waals surface area contributed by atoms with Gasteiger partial charge in [0, 0.05) is 49.6 Å². The first kappa shape index (κ1) is 19.7. The van der Waals surface area contributed by atoms with Crippen LogP contribution in [0.4, 0.5) is 0 Å². The van der Waals surface area contributed by atoms with Crippen molar-refractivity contribution in [2.24, 2.45) is 5.92 Å². The molecule has 30 heavy (non-hydrogen) atoms. The predicted molar refractivity (Wildman–Crippen MR) is 107 cm³/mol. The van der Waals surface area contributed by atoms with E-state index in [1.165, 1.54) is 4.90 Å². The Morgan fingerprint density at radius 1 is 1.23 bits per heavy atom. The first-order valence-electron chi connectivity index (χ1n) is 10.2. The summed E-state index contributed by atoms with van der Waals surface area (Å²) in [6, 6.07) is 4.98. The van der Waals surface area contributed by atoms with Gasteiger partial charge in [0.25, 0.3) is 5.91 Å². The van der Waals surface area contributed by atoms with Crippen molar-refractivity contribution in [2.45, 2.75) is 37.5 Å². The summed E-state index contributed by atoms with van der Waals surface area (Å²) in [4.78, 5) is 38.4. The molecule has 0 radical (unpaired) electrons. The Labute approximate surface area is 174 Å². The van der Waals surface area contributed by atoms with E-state index in [9.17, 15) is 22.8 Å². The van der Waals surface area contributed by atoms with Crippen LogP contribution in [0.15, 0.2) is 18.2 Å². The number of imide groups is 1. The van der Waals surface area contributed by atoms with E-state index < -0.39 is 27.3 Å². The fraction of sp³-hybridized carbons (Fsp3) is 0.550. The summed E-state index contributed by atoms with van der Waals surface area (Å²) in [6.45, 7) is 1.97. The molecule has 4 aliphatic rings. The third-order valence-corrected chi connectivity index (χ3v) is 8.68. The molecule has 160 valence electrons. The highest BCUT2D eigenvalue weighted by molar-refractivity contribution is 7.91. The lowest BCUT2D eigenvalue weighted by atomic mass is 9.90. The van der Waals surface area contributed by atoms with Crippen LogP contribution in [0.2, 0.25) is 0 Å². The van der Waals surface area contributed by atoms with Crippen molar-refractivity contribution in [1.29, 1.82) is 0 Å². The molecule has 3 N–H and O–H groups in total. The Morgan fingerprint density at radius 3 is 2.87 bits per heavy atom. The maximum Gasteiger partial charge on any atom is 0.255 e. The van der Waals surface area contributed by atoms with E-state index in [0.29, 0.717) is 38.2 Å². The summed E-state index contributed by atoms with van der Waals surface area (Å²) in [5.74, 6) is -0.646. The van der Waals surface area contributed by atoms with Gasteiger partial charge in [-0.25, -0.2) is 8.42 Å². The van der Waals surface area contributed by atoms with Gasteiger partial charge in [0.05, 0.1) is 11.5 Å². The van der Waals surface area contributed by atoms with E-state index in [0.717, 1.165) is 11.1 Å². The molecule has 3 fully saturated rings. The summed E-state index contributed by atoms with van der Waals surface area (Å²) >= 11 is 0. The van der Waals surface area contributed by atoms with Crippen molar-refractivity contribution in [3.63, 3.8) is 0 Å². The number of hydrogen-bond donors (Lipinski definition) is 3. The number of carbonyl (C=O) groups excluding carboxylic acids is 3. The molecule has 9 nitrogen and oxygen atoms in total. The number of nitrogens with zero attached hydrogens (tertiary/aromatic N) is 1. The van der Waals surface area contributed by atoms with Gasteiger partial charge in [0.2, 0.25) is 11.8 Å². The van der Waals surface area contributed by atoms with Gasteiger partial charge in [-0.2, -0.15) is 0 Å². The van der Waals surface area contributed by atoms with E-state index in [2.05, 4.69) is 16.0 Å². The maximum absolute atomic E-state index is 13.2. The van der Waals surface area contributed by atoms with Gasteiger partial charge < -0.3 is 15.5 Å². The average Bonchev–Trinajstić information content (AvgIpc) is 3.28. The molecule has 5 rings (SSSR count). The Kier molecular flexibility index (Phi) is 4.49. The number of fused-ring (bicyclic) bond motifs is 2. The van der Waals surface area contributed by atoms with Crippen LogP contribution in [0.5, 0.6) is 0 Å². The minimum absolute atomic E-state index is 0.0231. The molecule has 1 aromatic carbocycles. The second-order valence-electron chi connectivity index (χ2n) is 8.74. The van der Waals surface area contributed by atoms with Gasteiger partial charge in [0.15, 0.2) is 9.84 Å². The lowest BCUT2D eigenvalue weighted by Gasteiger charge is -2.30. The molecule has 0 bridgehead atoms. The van der Waals surface area contributed by atoms with Gasteiger partial charge in [-0.05, 0) is 17.5 Å². The summed E-state index contributed by atoms with van der Waals surface area (Å²) in [5, 5.41) is 9.05. The Hall–Kier alpha value is -2.30. The van der Waals surface area contributed by atoms with Crippen LogP contribution >= 0.6 is 0 Å². The molecule has 0 spiro atoms. The number of carbonyl (C=O) groups is 3. The minimum Gasteiger partial charge on any atom is -0.322 e. The van der Waals surface area contributed by atoms with E-state index in [1.54, 1.807) is 0 Å². The summed E-state index contributed by atoms with van der Waals surface area (Å²) < 4.78 is 24.4. The molecular formula is C20H24N4O5S. The zero-order valence-corrected chi connectivity index (χ0v) is 17.3. The molecule has 1 aromatic rings. The largest absolute Gasteiger partial charge is 0.322 e. The van der Waals surface area contributed by atoms with Crippen molar-refractivity contribution in [3.05, 3.63) is 34.9 Å². The molecular weight excluding hydrogens is 408 g/mol. The molecule has 0 aliphatic carbocycles. The second kappa shape index (κ2) is 6.86. The molecule has 3 atom stereocenters. The zero-order chi connectivity index (χ0) is 21.1. The van der Waals surface area contributed by atoms with Crippen LogP contribution in [-0.4, -0.2) is 67.2 Å². The van der Waals surface area contributed by atoms with Gasteiger partial charge in [-0.15, -0.1) is 0 Å². The van der Waals surface area contributed by atoms with E-state index in [-0.39, 0.29) is 35.7 Å². The maximum atomic E-state index is 13.2. The number of sulfone groups is 1.